The second kappa shape index (κ2) is 37.8. The van der Waals surface area contributed by atoms with Gasteiger partial charge in [0.1, 0.15) is 6.61 Å². The third kappa shape index (κ3) is 36.8. The van der Waals surface area contributed by atoms with E-state index in [4.69, 9.17) is 56.8 Å². The van der Waals surface area contributed by atoms with E-state index in [9.17, 15) is 4.79 Å². The van der Waals surface area contributed by atoms with Gasteiger partial charge in [-0.2, -0.15) is 0 Å². The molecule has 0 bridgehead atoms. The fourth-order valence-electron chi connectivity index (χ4n) is 2.70. The fraction of sp³-hybridized carbons (Fsp3) is 0.893. The zero-order chi connectivity index (χ0) is 30.4. The molecule has 0 aromatic heterocycles. The van der Waals surface area contributed by atoms with Gasteiger partial charge in [-0.1, -0.05) is 6.08 Å². The minimum Gasteiger partial charge on any atom is -0.467 e. The lowest BCUT2D eigenvalue weighted by Crippen LogP contribution is -2.16. The highest BCUT2D eigenvalue weighted by molar-refractivity contribution is 5.70. The van der Waals surface area contributed by atoms with Crippen molar-refractivity contribution in [1.82, 2.24) is 0 Å². The first kappa shape index (κ1) is 40.7. The van der Waals surface area contributed by atoms with Gasteiger partial charge in [-0.05, 0) is 0 Å². The number of methoxy groups -OCH3 is 1. The molecule has 0 saturated carbocycles. The van der Waals surface area contributed by atoms with Crippen molar-refractivity contribution in [1.29, 1.82) is 0 Å². The van der Waals surface area contributed by atoms with Crippen LogP contribution in [-0.4, -0.2) is 172 Å². The molecule has 14 nitrogen and oxygen atoms in total. The van der Waals surface area contributed by atoms with E-state index in [1.807, 2.05) is 0 Å². The quantitative estimate of drug-likeness (QED) is 0.0547. The average Bonchev–Trinajstić information content (AvgIpc) is 3.00. The van der Waals surface area contributed by atoms with Crippen molar-refractivity contribution in [3.05, 3.63) is 12.7 Å². The van der Waals surface area contributed by atoms with Crippen LogP contribution in [0.15, 0.2) is 12.7 Å². The summed E-state index contributed by atoms with van der Waals surface area (Å²) < 4.78 is 68.9. The maximum Gasteiger partial charge on any atom is 0.331 e. The predicted molar refractivity (Wildman–Crippen MR) is 152 cm³/mol. The minimum atomic E-state index is -0.408. The minimum absolute atomic E-state index is 0.0703. The number of carbonyl (C=O) groups is 1. The molecule has 0 aromatic carbocycles. The molecular formula is C28H54O14. The summed E-state index contributed by atoms with van der Waals surface area (Å²) in [4.78, 5) is 10.8. The second-order valence-corrected chi connectivity index (χ2v) is 8.12. The van der Waals surface area contributed by atoms with E-state index < -0.39 is 5.97 Å². The molecular weight excluding hydrogens is 560 g/mol. The van der Waals surface area contributed by atoms with Gasteiger partial charge in [0.2, 0.25) is 0 Å². The Labute approximate surface area is 251 Å². The maximum atomic E-state index is 10.8. The molecule has 0 aliphatic rings. The Morgan fingerprint density at radius 2 is 0.619 bits per heavy atom. The van der Waals surface area contributed by atoms with Crippen molar-refractivity contribution in [2.24, 2.45) is 0 Å². The van der Waals surface area contributed by atoms with Crippen LogP contribution in [0.25, 0.3) is 0 Å². The monoisotopic (exact) mass is 614 g/mol. The molecule has 250 valence electrons. The van der Waals surface area contributed by atoms with Crippen molar-refractivity contribution in [2.75, 3.05) is 166 Å². The number of hydrogen-bond acceptors (Lipinski definition) is 14. The third-order valence-corrected chi connectivity index (χ3v) is 4.78. The first-order valence-corrected chi connectivity index (χ1v) is 14.4. The van der Waals surface area contributed by atoms with Gasteiger partial charge in [0, 0.05) is 0 Å². The Morgan fingerprint density at radius 1 is 0.405 bits per heavy atom. The van der Waals surface area contributed by atoms with Crippen LogP contribution in [0.2, 0.25) is 0 Å². The Morgan fingerprint density at radius 3 is 0.833 bits per heavy atom. The van der Waals surface area contributed by atoms with Crippen LogP contribution >= 0.6 is 0 Å². The van der Waals surface area contributed by atoms with Crippen LogP contribution < -0.4 is 0 Å². The Balaban J connectivity index is 3.04. The Bertz CT molecular complexity index is 541. The van der Waals surface area contributed by atoms with E-state index >= 15 is 0 Å². The van der Waals surface area contributed by atoms with Crippen molar-refractivity contribution >= 4 is 5.97 Å². The summed E-state index contributed by atoms with van der Waals surface area (Å²) in [5.41, 5.74) is 0. The van der Waals surface area contributed by atoms with Gasteiger partial charge in [0.05, 0.1) is 159 Å². The number of hydrogen-bond donors (Lipinski definition) is 0. The van der Waals surface area contributed by atoms with Crippen LogP contribution in [0.3, 0.4) is 0 Å². The van der Waals surface area contributed by atoms with Gasteiger partial charge in [0.15, 0.2) is 0 Å². The van der Waals surface area contributed by atoms with Gasteiger partial charge in [0.25, 0.3) is 0 Å². The zero-order valence-corrected chi connectivity index (χ0v) is 25.5. The Kier molecular flexibility index (Phi) is 36.6. The van der Waals surface area contributed by atoms with Gasteiger partial charge >= 0.3 is 5.97 Å². The van der Waals surface area contributed by atoms with Crippen molar-refractivity contribution < 1.29 is 66.4 Å². The third-order valence-electron chi connectivity index (χ3n) is 4.78. The molecule has 0 amide bonds. The summed E-state index contributed by atoms with van der Waals surface area (Å²) in [6.45, 7) is 14.8. The van der Waals surface area contributed by atoms with Gasteiger partial charge in [-0.15, -0.1) is 6.58 Å². The highest BCUT2D eigenvalue weighted by Crippen LogP contribution is 1.87. The molecule has 0 heterocycles. The van der Waals surface area contributed by atoms with Crippen LogP contribution in [0, 0.1) is 0 Å². The number of esters is 1. The summed E-state index contributed by atoms with van der Waals surface area (Å²) in [6.07, 6.45) is 1.71. The first-order valence-electron chi connectivity index (χ1n) is 14.4. The van der Waals surface area contributed by atoms with E-state index in [-0.39, 0.29) is 6.61 Å². The first-order chi connectivity index (χ1) is 20.8. The summed E-state index contributed by atoms with van der Waals surface area (Å²) in [6, 6.07) is 0. The molecule has 0 spiro atoms. The van der Waals surface area contributed by atoms with Gasteiger partial charge < -0.3 is 61.6 Å². The van der Waals surface area contributed by atoms with Gasteiger partial charge in [-0.25, -0.2) is 4.79 Å². The number of ether oxygens (including phenoxy) is 13. The van der Waals surface area contributed by atoms with E-state index in [2.05, 4.69) is 11.3 Å². The molecule has 0 rings (SSSR count). The maximum absolute atomic E-state index is 10.8. The van der Waals surface area contributed by atoms with E-state index in [1.165, 1.54) is 7.11 Å². The van der Waals surface area contributed by atoms with Gasteiger partial charge in [-0.3, -0.25) is 0 Å². The smallest absolute Gasteiger partial charge is 0.331 e. The molecule has 0 fully saturated rings. The average molecular weight is 615 g/mol. The normalized spacial score (nSPS) is 11.3. The summed E-state index contributed by atoms with van der Waals surface area (Å²) in [7, 11) is 1.31. The summed E-state index contributed by atoms with van der Waals surface area (Å²) in [5, 5.41) is 0. The predicted octanol–water partition coefficient (Wildman–Crippen LogP) is 0.545. The molecule has 42 heavy (non-hydrogen) atoms. The molecule has 0 unspecified atom stereocenters. The lowest BCUT2D eigenvalue weighted by atomic mass is 10.6. The second-order valence-electron chi connectivity index (χ2n) is 8.12. The van der Waals surface area contributed by atoms with E-state index in [1.54, 1.807) is 6.08 Å². The lowest BCUT2D eigenvalue weighted by molar-refractivity contribution is -0.146. The molecule has 0 aliphatic carbocycles. The zero-order valence-electron chi connectivity index (χ0n) is 25.5. The van der Waals surface area contributed by atoms with Crippen LogP contribution in [-0.2, 0) is 66.4 Å². The number of rotatable bonds is 37. The van der Waals surface area contributed by atoms with Crippen molar-refractivity contribution in [3.63, 3.8) is 0 Å². The topological polar surface area (TPSA) is 137 Å². The molecule has 0 atom stereocenters. The van der Waals surface area contributed by atoms with Crippen molar-refractivity contribution in [2.45, 2.75) is 0 Å². The van der Waals surface area contributed by atoms with E-state index in [0.717, 1.165) is 0 Å². The van der Waals surface area contributed by atoms with Crippen LogP contribution in [0.1, 0.15) is 0 Å². The Hall–Kier alpha value is -1.27. The molecule has 0 radical (unpaired) electrons. The van der Waals surface area contributed by atoms with Crippen LogP contribution in [0.5, 0.6) is 0 Å². The number of carbonyl (C=O) groups excluding carboxylic acids is 1. The molecule has 0 aliphatic heterocycles. The highest BCUT2D eigenvalue weighted by Gasteiger charge is 1.99. The lowest BCUT2D eigenvalue weighted by Gasteiger charge is -2.09. The summed E-state index contributed by atoms with van der Waals surface area (Å²) >= 11 is 0. The highest BCUT2D eigenvalue weighted by atomic mass is 16.6. The molecule has 0 saturated heterocycles. The largest absolute Gasteiger partial charge is 0.467 e. The van der Waals surface area contributed by atoms with E-state index in [0.29, 0.717) is 152 Å². The van der Waals surface area contributed by atoms with Crippen LogP contribution in [0.4, 0.5) is 0 Å². The molecule has 0 aromatic rings. The SMILES string of the molecule is C=CCOCCOCCOCCOCCOCCOCCOCCOCCOCCOCCOCCOCC(=O)OC. The fourth-order valence-corrected chi connectivity index (χ4v) is 2.70. The standard InChI is InChI=1S/C28H54O14/c1-3-4-31-5-6-32-7-8-33-9-10-34-11-12-35-13-14-36-15-16-37-17-18-38-19-20-39-21-22-40-23-24-41-25-26-42-27-28(29)30-2/h3H,1,4-27H2,2H3. The molecule has 0 N–H and O–H groups in total. The molecule has 14 heteroatoms. The van der Waals surface area contributed by atoms with Crippen molar-refractivity contribution in [3.8, 4) is 0 Å². The summed E-state index contributed by atoms with van der Waals surface area (Å²) in [5.74, 6) is -0.408.